The number of halogens is 1. The van der Waals surface area contributed by atoms with E-state index in [1.807, 2.05) is 19.1 Å². The summed E-state index contributed by atoms with van der Waals surface area (Å²) in [5, 5.41) is 3.57. The van der Waals surface area contributed by atoms with Gasteiger partial charge in [-0.05, 0) is 49.2 Å². The van der Waals surface area contributed by atoms with E-state index in [2.05, 4.69) is 10.3 Å². The average molecular weight is 460 g/mol. The molecule has 1 N–H and O–H groups in total. The molecule has 166 valence electrons. The van der Waals surface area contributed by atoms with Gasteiger partial charge in [-0.2, -0.15) is 0 Å². The topological polar surface area (TPSA) is 81.1 Å². The predicted octanol–water partition coefficient (Wildman–Crippen LogP) is 4.79. The number of anilines is 1. The first-order valence-corrected chi connectivity index (χ1v) is 10.9. The van der Waals surface area contributed by atoms with E-state index in [1.54, 1.807) is 55.5 Å². The van der Waals surface area contributed by atoms with Crippen LogP contribution in [0, 0.1) is 6.92 Å². The molecule has 0 saturated carbocycles. The molecule has 2 aromatic heterocycles. The van der Waals surface area contributed by atoms with Crippen LogP contribution in [0.3, 0.4) is 0 Å². The highest BCUT2D eigenvalue weighted by molar-refractivity contribution is 6.30. The Hall–Kier alpha value is -3.77. The first kappa shape index (κ1) is 22.4. The molecule has 0 aliphatic carbocycles. The normalized spacial score (nSPS) is 10.9. The number of hydrogen-bond donors (Lipinski definition) is 1. The molecule has 1 amide bonds. The number of fused-ring (bicyclic) bond motifs is 1. The second kappa shape index (κ2) is 9.38. The van der Waals surface area contributed by atoms with Crippen LogP contribution in [0.5, 0.6) is 0 Å². The Morgan fingerprint density at radius 1 is 1.06 bits per heavy atom. The van der Waals surface area contributed by atoms with Crippen LogP contribution in [0.25, 0.3) is 11.0 Å². The number of carbonyl (C=O) groups excluding carboxylic acids is 2. The summed E-state index contributed by atoms with van der Waals surface area (Å²) in [7, 11) is 0. The van der Waals surface area contributed by atoms with E-state index in [0.717, 1.165) is 12.0 Å². The Bertz CT molecular complexity index is 1430. The van der Waals surface area contributed by atoms with Crippen molar-refractivity contribution in [1.82, 2.24) is 9.55 Å². The number of aryl methyl sites for hydroxylation is 2. The van der Waals surface area contributed by atoms with E-state index in [9.17, 15) is 14.4 Å². The molecule has 0 bridgehead atoms. The van der Waals surface area contributed by atoms with Crippen LogP contribution in [-0.4, -0.2) is 21.2 Å². The number of ketones is 1. The first-order chi connectivity index (χ1) is 15.9. The molecule has 4 aromatic rings. The van der Waals surface area contributed by atoms with Gasteiger partial charge >= 0.3 is 0 Å². The van der Waals surface area contributed by atoms with Crippen molar-refractivity contribution in [2.75, 3.05) is 5.32 Å². The molecule has 0 aliphatic rings. The van der Waals surface area contributed by atoms with Crippen molar-refractivity contribution in [2.24, 2.45) is 0 Å². The summed E-state index contributed by atoms with van der Waals surface area (Å²) in [6, 6.07) is 17.3. The quantitative estimate of drug-likeness (QED) is 0.420. The van der Waals surface area contributed by atoms with E-state index in [0.29, 0.717) is 27.6 Å². The molecule has 6 nitrogen and oxygen atoms in total. The maximum Gasteiger partial charge on any atom is 0.244 e. The van der Waals surface area contributed by atoms with Crippen LogP contribution >= 0.6 is 11.6 Å². The molecule has 2 aromatic carbocycles. The molecule has 0 fully saturated rings. The molecule has 0 spiro atoms. The third kappa shape index (κ3) is 4.86. The minimum atomic E-state index is -0.409. The van der Waals surface area contributed by atoms with E-state index in [-0.39, 0.29) is 23.4 Å². The van der Waals surface area contributed by atoms with Gasteiger partial charge in [-0.1, -0.05) is 48.9 Å². The number of hydrogen-bond acceptors (Lipinski definition) is 4. The maximum absolute atomic E-state index is 13.2. The van der Waals surface area contributed by atoms with Crippen molar-refractivity contribution in [3.8, 4) is 0 Å². The van der Waals surface area contributed by atoms with Gasteiger partial charge in [0.1, 0.15) is 12.2 Å². The molecule has 0 atom stereocenters. The lowest BCUT2D eigenvalue weighted by atomic mass is 10.0. The van der Waals surface area contributed by atoms with Crippen LogP contribution in [0.4, 0.5) is 5.69 Å². The summed E-state index contributed by atoms with van der Waals surface area (Å²) in [5.41, 5.74) is 2.69. The van der Waals surface area contributed by atoms with Gasteiger partial charge in [0.15, 0.2) is 5.78 Å². The first-order valence-electron chi connectivity index (χ1n) is 10.6. The van der Waals surface area contributed by atoms with Gasteiger partial charge in [-0.25, -0.2) is 4.98 Å². The largest absolute Gasteiger partial charge is 0.324 e. The fourth-order valence-corrected chi connectivity index (χ4v) is 3.80. The Labute approximate surface area is 195 Å². The summed E-state index contributed by atoms with van der Waals surface area (Å²) >= 11 is 6.00. The number of benzene rings is 2. The van der Waals surface area contributed by atoms with Gasteiger partial charge in [0.05, 0.1) is 10.9 Å². The Morgan fingerprint density at radius 3 is 2.52 bits per heavy atom. The van der Waals surface area contributed by atoms with Crippen molar-refractivity contribution < 1.29 is 9.59 Å². The molecule has 7 heteroatoms. The number of carbonyl (C=O) groups is 2. The van der Waals surface area contributed by atoms with Crippen molar-refractivity contribution >= 4 is 40.0 Å². The zero-order valence-corrected chi connectivity index (χ0v) is 19.0. The maximum atomic E-state index is 13.2. The lowest BCUT2D eigenvalue weighted by Crippen LogP contribution is -2.25. The number of nitrogens with one attached hydrogen (secondary N) is 1. The van der Waals surface area contributed by atoms with Gasteiger partial charge in [-0.15, -0.1) is 0 Å². The van der Waals surface area contributed by atoms with Gasteiger partial charge < -0.3 is 9.88 Å². The molecule has 0 unspecified atom stereocenters. The van der Waals surface area contributed by atoms with Crippen molar-refractivity contribution in [1.29, 1.82) is 0 Å². The molecule has 0 radical (unpaired) electrons. The summed E-state index contributed by atoms with van der Waals surface area (Å²) in [5.74, 6) is -0.731. The third-order valence-corrected chi connectivity index (χ3v) is 5.59. The van der Waals surface area contributed by atoms with Crippen LogP contribution in [0.15, 0.2) is 71.7 Å². The molecule has 0 aliphatic heterocycles. The summed E-state index contributed by atoms with van der Waals surface area (Å²) in [6.45, 7) is 3.70. The van der Waals surface area contributed by atoms with Crippen molar-refractivity contribution in [3.63, 3.8) is 0 Å². The fourth-order valence-electron chi connectivity index (χ4n) is 3.61. The average Bonchev–Trinajstić information content (AvgIpc) is 2.80. The summed E-state index contributed by atoms with van der Waals surface area (Å²) in [4.78, 5) is 43.6. The predicted molar refractivity (Wildman–Crippen MR) is 130 cm³/mol. The van der Waals surface area contributed by atoms with Gasteiger partial charge in [-0.3, -0.25) is 14.4 Å². The van der Waals surface area contributed by atoms with E-state index < -0.39 is 11.2 Å². The van der Waals surface area contributed by atoms with Crippen LogP contribution in [-0.2, 0) is 17.8 Å². The fraction of sp³-hybridized carbons (Fsp3) is 0.154. The molecule has 4 rings (SSSR count). The SMILES string of the molecule is CCc1ccc(C(=O)c2cn(CC(=O)Nc3cccc(Cl)c3)c3nc(C)ccc3c2=O)cc1. The molecular formula is C26H22ClN3O3. The highest BCUT2D eigenvalue weighted by atomic mass is 35.5. The standard InChI is InChI=1S/C26H22ClN3O3/c1-3-17-8-10-18(11-9-17)24(32)22-14-30(26-21(25(22)33)12-7-16(2)28-26)15-23(31)29-20-6-4-5-19(27)13-20/h4-14H,3,15H2,1-2H3,(H,29,31). The number of amides is 1. The smallest absolute Gasteiger partial charge is 0.244 e. The van der Waals surface area contributed by atoms with E-state index in [1.165, 1.54) is 10.8 Å². The monoisotopic (exact) mass is 459 g/mol. The molecule has 0 saturated heterocycles. The van der Waals surface area contributed by atoms with E-state index >= 15 is 0 Å². The minimum Gasteiger partial charge on any atom is -0.324 e. The number of nitrogens with zero attached hydrogens (tertiary/aromatic N) is 2. The van der Waals surface area contributed by atoms with Gasteiger partial charge in [0.2, 0.25) is 11.3 Å². The lowest BCUT2D eigenvalue weighted by Gasteiger charge is -2.13. The van der Waals surface area contributed by atoms with Crippen LogP contribution < -0.4 is 10.7 Å². The minimum absolute atomic E-state index is 0.00652. The van der Waals surface area contributed by atoms with Gasteiger partial charge in [0, 0.05) is 28.2 Å². The second-order valence-corrected chi connectivity index (χ2v) is 8.20. The third-order valence-electron chi connectivity index (χ3n) is 5.35. The lowest BCUT2D eigenvalue weighted by molar-refractivity contribution is -0.116. The van der Waals surface area contributed by atoms with Crippen LogP contribution in [0.2, 0.25) is 5.02 Å². The summed E-state index contributed by atoms with van der Waals surface area (Å²) < 4.78 is 1.54. The number of aromatic nitrogens is 2. The highest BCUT2D eigenvalue weighted by Crippen LogP contribution is 2.17. The second-order valence-electron chi connectivity index (χ2n) is 7.76. The number of rotatable bonds is 6. The van der Waals surface area contributed by atoms with Crippen LogP contribution in [0.1, 0.15) is 34.1 Å². The van der Waals surface area contributed by atoms with E-state index in [4.69, 9.17) is 11.6 Å². The zero-order valence-electron chi connectivity index (χ0n) is 18.3. The molecule has 33 heavy (non-hydrogen) atoms. The molecule has 2 heterocycles. The summed E-state index contributed by atoms with van der Waals surface area (Å²) in [6.07, 6.45) is 2.27. The van der Waals surface area contributed by atoms with Crippen molar-refractivity contribution in [2.45, 2.75) is 26.8 Å². The van der Waals surface area contributed by atoms with Gasteiger partial charge in [0.25, 0.3) is 0 Å². The zero-order chi connectivity index (χ0) is 23.5. The Balaban J connectivity index is 1.75. The number of pyridine rings is 2. The van der Waals surface area contributed by atoms with Crippen molar-refractivity contribution in [3.05, 3.63) is 104 Å². The highest BCUT2D eigenvalue weighted by Gasteiger charge is 2.19. The Morgan fingerprint density at radius 2 is 1.82 bits per heavy atom. The molecular weight excluding hydrogens is 438 g/mol. The Kier molecular flexibility index (Phi) is 6.38.